The van der Waals surface area contributed by atoms with Crippen LogP contribution >= 0.6 is 11.6 Å². The molecule has 0 amide bonds. The van der Waals surface area contributed by atoms with E-state index < -0.39 is 10.0 Å². The van der Waals surface area contributed by atoms with E-state index in [1.165, 1.54) is 10.4 Å². The van der Waals surface area contributed by atoms with Crippen LogP contribution in [0.1, 0.15) is 11.1 Å². The van der Waals surface area contributed by atoms with Gasteiger partial charge in [0.25, 0.3) is 0 Å². The minimum atomic E-state index is -3.64. The van der Waals surface area contributed by atoms with Crippen molar-refractivity contribution in [1.29, 1.82) is 0 Å². The van der Waals surface area contributed by atoms with Crippen LogP contribution in [0.5, 0.6) is 0 Å². The highest BCUT2D eigenvalue weighted by Crippen LogP contribution is 2.28. The summed E-state index contributed by atoms with van der Waals surface area (Å²) in [6.07, 6.45) is 0. The first-order valence-electron chi connectivity index (χ1n) is 6.38. The molecular formula is C15H17ClN2O2S. The quantitative estimate of drug-likeness (QED) is 0.879. The molecule has 0 saturated heterocycles. The van der Waals surface area contributed by atoms with Gasteiger partial charge in [-0.05, 0) is 30.2 Å². The van der Waals surface area contributed by atoms with Gasteiger partial charge >= 0.3 is 0 Å². The molecule has 0 radical (unpaired) electrons. The molecule has 2 aromatic carbocycles. The molecule has 2 N–H and O–H groups in total. The topological polar surface area (TPSA) is 63.4 Å². The number of hydrogen-bond acceptors (Lipinski definition) is 3. The van der Waals surface area contributed by atoms with Crippen LogP contribution in [0.4, 0.5) is 5.69 Å². The van der Waals surface area contributed by atoms with Crippen LogP contribution < -0.4 is 5.73 Å². The van der Waals surface area contributed by atoms with Crippen molar-refractivity contribution in [2.24, 2.45) is 0 Å². The summed E-state index contributed by atoms with van der Waals surface area (Å²) in [7, 11) is -2.10. The SMILES string of the molecule is Cc1c(N)cc(Cl)cc1S(=O)(=O)N(C)Cc1ccccc1. The first-order valence-corrected chi connectivity index (χ1v) is 8.20. The number of nitrogen functional groups attached to an aromatic ring is 1. The second-order valence-corrected chi connectivity index (χ2v) is 7.31. The van der Waals surface area contributed by atoms with Gasteiger partial charge in [0.15, 0.2) is 0 Å². The van der Waals surface area contributed by atoms with Crippen molar-refractivity contribution in [1.82, 2.24) is 4.31 Å². The molecule has 2 rings (SSSR count). The van der Waals surface area contributed by atoms with E-state index in [9.17, 15) is 8.42 Å². The zero-order valence-corrected chi connectivity index (χ0v) is 13.4. The molecule has 0 aliphatic carbocycles. The normalized spacial score (nSPS) is 11.8. The van der Waals surface area contributed by atoms with E-state index in [0.29, 0.717) is 16.3 Å². The largest absolute Gasteiger partial charge is 0.398 e. The van der Waals surface area contributed by atoms with Crippen LogP contribution in [0.15, 0.2) is 47.4 Å². The summed E-state index contributed by atoms with van der Waals surface area (Å²) in [6.45, 7) is 1.96. The minimum absolute atomic E-state index is 0.144. The summed E-state index contributed by atoms with van der Waals surface area (Å²) in [5, 5.41) is 0.310. The Kier molecular flexibility index (Phi) is 4.56. The molecule has 6 heteroatoms. The van der Waals surface area contributed by atoms with Crippen LogP contribution in [-0.2, 0) is 16.6 Å². The molecule has 0 aliphatic rings. The maximum Gasteiger partial charge on any atom is 0.243 e. The van der Waals surface area contributed by atoms with Gasteiger partial charge in [0.1, 0.15) is 0 Å². The van der Waals surface area contributed by atoms with Crippen molar-refractivity contribution in [3.63, 3.8) is 0 Å². The Morgan fingerprint density at radius 1 is 1.19 bits per heavy atom. The molecule has 0 unspecified atom stereocenters. The molecule has 0 aliphatic heterocycles. The van der Waals surface area contributed by atoms with E-state index in [2.05, 4.69) is 0 Å². The van der Waals surface area contributed by atoms with E-state index in [4.69, 9.17) is 17.3 Å². The predicted octanol–water partition coefficient (Wildman–Crippen LogP) is 3.05. The summed E-state index contributed by atoms with van der Waals surface area (Å²) in [6, 6.07) is 12.4. The number of sulfonamides is 1. The number of halogens is 1. The fraction of sp³-hybridized carbons (Fsp3) is 0.200. The van der Waals surface area contributed by atoms with Gasteiger partial charge in [0, 0.05) is 24.3 Å². The Morgan fingerprint density at radius 2 is 1.81 bits per heavy atom. The molecule has 0 aromatic heterocycles. The summed E-state index contributed by atoms with van der Waals surface area (Å²) in [5.41, 5.74) is 7.60. The van der Waals surface area contributed by atoms with E-state index in [1.807, 2.05) is 30.3 Å². The molecule has 0 bridgehead atoms. The lowest BCUT2D eigenvalue weighted by molar-refractivity contribution is 0.466. The molecule has 0 saturated carbocycles. The van der Waals surface area contributed by atoms with Gasteiger partial charge in [-0.25, -0.2) is 8.42 Å². The minimum Gasteiger partial charge on any atom is -0.398 e. The van der Waals surface area contributed by atoms with Gasteiger partial charge in [0.2, 0.25) is 10.0 Å². The second-order valence-electron chi connectivity index (χ2n) is 4.86. The third-order valence-corrected chi connectivity index (χ3v) is 5.45. The molecule has 0 fully saturated rings. The van der Waals surface area contributed by atoms with Crippen LogP contribution in [0.25, 0.3) is 0 Å². The Bertz CT molecular complexity index is 746. The fourth-order valence-corrected chi connectivity index (χ4v) is 3.76. The molecule has 0 heterocycles. The van der Waals surface area contributed by atoms with Crippen LogP contribution in [0, 0.1) is 6.92 Å². The monoisotopic (exact) mass is 324 g/mol. The van der Waals surface area contributed by atoms with Crippen LogP contribution in [-0.4, -0.2) is 19.8 Å². The zero-order chi connectivity index (χ0) is 15.6. The van der Waals surface area contributed by atoms with Crippen molar-refractivity contribution < 1.29 is 8.42 Å². The first-order chi connectivity index (χ1) is 9.82. The smallest absolute Gasteiger partial charge is 0.243 e. The van der Waals surface area contributed by atoms with Crippen molar-refractivity contribution >= 4 is 27.3 Å². The van der Waals surface area contributed by atoms with Crippen molar-refractivity contribution in [2.75, 3.05) is 12.8 Å². The Balaban J connectivity index is 2.38. The third-order valence-electron chi connectivity index (χ3n) is 3.30. The number of anilines is 1. The summed E-state index contributed by atoms with van der Waals surface area (Å²) in [5.74, 6) is 0. The van der Waals surface area contributed by atoms with Gasteiger partial charge in [-0.1, -0.05) is 41.9 Å². The molecule has 21 heavy (non-hydrogen) atoms. The summed E-state index contributed by atoms with van der Waals surface area (Å²) in [4.78, 5) is 0.144. The molecule has 2 aromatic rings. The van der Waals surface area contributed by atoms with Gasteiger partial charge < -0.3 is 5.73 Å². The highest BCUT2D eigenvalue weighted by molar-refractivity contribution is 7.89. The molecular weight excluding hydrogens is 308 g/mol. The lowest BCUT2D eigenvalue weighted by Gasteiger charge is -2.19. The molecule has 0 spiro atoms. The number of rotatable bonds is 4. The molecule has 4 nitrogen and oxygen atoms in total. The summed E-state index contributed by atoms with van der Waals surface area (Å²) < 4.78 is 26.6. The maximum atomic E-state index is 12.7. The Labute approximate surface area is 130 Å². The second kappa shape index (κ2) is 6.05. The van der Waals surface area contributed by atoms with Crippen molar-refractivity contribution in [2.45, 2.75) is 18.4 Å². The van der Waals surface area contributed by atoms with Gasteiger partial charge in [-0.15, -0.1) is 0 Å². The van der Waals surface area contributed by atoms with E-state index >= 15 is 0 Å². The third kappa shape index (κ3) is 3.37. The van der Waals surface area contributed by atoms with E-state index in [-0.39, 0.29) is 11.4 Å². The Hall–Kier alpha value is -1.56. The van der Waals surface area contributed by atoms with E-state index in [0.717, 1.165) is 5.56 Å². The molecule has 0 atom stereocenters. The van der Waals surface area contributed by atoms with Crippen molar-refractivity contribution in [3.8, 4) is 0 Å². The van der Waals surface area contributed by atoms with Gasteiger partial charge in [-0.2, -0.15) is 4.31 Å². The highest BCUT2D eigenvalue weighted by Gasteiger charge is 2.24. The average molecular weight is 325 g/mol. The van der Waals surface area contributed by atoms with Gasteiger partial charge in [0.05, 0.1) is 4.90 Å². The first kappa shape index (κ1) is 15.8. The van der Waals surface area contributed by atoms with Crippen molar-refractivity contribution in [3.05, 3.63) is 58.6 Å². The number of nitrogens with two attached hydrogens (primary N) is 1. The van der Waals surface area contributed by atoms with Gasteiger partial charge in [-0.3, -0.25) is 0 Å². The summed E-state index contributed by atoms with van der Waals surface area (Å²) >= 11 is 5.93. The Morgan fingerprint density at radius 3 is 2.43 bits per heavy atom. The lowest BCUT2D eigenvalue weighted by Crippen LogP contribution is -2.27. The zero-order valence-electron chi connectivity index (χ0n) is 11.9. The highest BCUT2D eigenvalue weighted by atomic mass is 35.5. The maximum absolute atomic E-state index is 12.7. The lowest BCUT2D eigenvalue weighted by atomic mass is 10.2. The predicted molar refractivity (Wildman–Crippen MR) is 85.7 cm³/mol. The number of benzene rings is 2. The standard InChI is InChI=1S/C15H17ClN2O2S/c1-11-14(17)8-13(16)9-15(11)21(19,20)18(2)10-12-6-4-3-5-7-12/h3-9H,10,17H2,1-2H3. The number of hydrogen-bond donors (Lipinski definition) is 1. The van der Waals surface area contributed by atoms with E-state index in [1.54, 1.807) is 20.0 Å². The molecule has 112 valence electrons. The van der Waals surface area contributed by atoms with Crippen LogP contribution in [0.2, 0.25) is 5.02 Å². The van der Waals surface area contributed by atoms with Crippen LogP contribution in [0.3, 0.4) is 0 Å². The average Bonchev–Trinajstić information content (AvgIpc) is 2.43. The fourth-order valence-electron chi connectivity index (χ4n) is 2.04. The number of nitrogens with zero attached hydrogens (tertiary/aromatic N) is 1.